The third kappa shape index (κ3) is 1.93. The molecule has 16 heavy (non-hydrogen) atoms. The normalized spacial score (nSPS) is 10.1. The Morgan fingerprint density at radius 3 is 2.69 bits per heavy atom. The fourth-order valence-corrected chi connectivity index (χ4v) is 1.22. The number of ether oxygens (including phenoxy) is 1. The SMILES string of the molecule is Cc1nccnc1Oc1c(N)cccc1F. The van der Waals surface area contributed by atoms with E-state index in [0.717, 1.165) is 0 Å². The molecule has 0 radical (unpaired) electrons. The molecule has 82 valence electrons. The Bertz CT molecular complexity index is 496. The van der Waals surface area contributed by atoms with Crippen molar-refractivity contribution in [3.05, 3.63) is 42.1 Å². The number of rotatable bonds is 2. The minimum Gasteiger partial charge on any atom is -0.432 e. The van der Waals surface area contributed by atoms with Gasteiger partial charge in [0.1, 0.15) is 0 Å². The Morgan fingerprint density at radius 2 is 2.00 bits per heavy atom. The third-order valence-corrected chi connectivity index (χ3v) is 2.03. The van der Waals surface area contributed by atoms with Crippen LogP contribution >= 0.6 is 0 Å². The fraction of sp³-hybridized carbons (Fsp3) is 0.0909. The van der Waals surface area contributed by atoms with Crippen LogP contribution in [0.3, 0.4) is 0 Å². The smallest absolute Gasteiger partial charge is 0.241 e. The van der Waals surface area contributed by atoms with Crippen LogP contribution in [0.25, 0.3) is 0 Å². The van der Waals surface area contributed by atoms with Gasteiger partial charge in [0.2, 0.25) is 5.88 Å². The number of aromatic nitrogens is 2. The zero-order chi connectivity index (χ0) is 11.5. The van der Waals surface area contributed by atoms with Crippen molar-refractivity contribution in [1.82, 2.24) is 9.97 Å². The van der Waals surface area contributed by atoms with E-state index in [0.29, 0.717) is 5.69 Å². The number of para-hydroxylation sites is 1. The lowest BCUT2D eigenvalue weighted by atomic mass is 10.3. The number of aryl methyl sites for hydroxylation is 1. The van der Waals surface area contributed by atoms with E-state index in [1.807, 2.05) is 0 Å². The molecule has 0 amide bonds. The van der Waals surface area contributed by atoms with Crippen molar-refractivity contribution in [3.8, 4) is 11.6 Å². The van der Waals surface area contributed by atoms with Crippen LogP contribution in [0.1, 0.15) is 5.69 Å². The Morgan fingerprint density at radius 1 is 1.25 bits per heavy atom. The molecule has 0 fully saturated rings. The van der Waals surface area contributed by atoms with Crippen LogP contribution in [0.15, 0.2) is 30.6 Å². The Hall–Kier alpha value is -2.17. The summed E-state index contributed by atoms with van der Waals surface area (Å²) < 4.78 is 18.7. The number of nitrogen functional groups attached to an aromatic ring is 1. The summed E-state index contributed by atoms with van der Waals surface area (Å²) in [5, 5.41) is 0. The Kier molecular flexibility index (Phi) is 2.68. The molecule has 0 bridgehead atoms. The lowest BCUT2D eigenvalue weighted by Gasteiger charge is -2.09. The predicted octanol–water partition coefficient (Wildman–Crippen LogP) is 2.30. The number of halogens is 1. The number of hydrogen-bond donors (Lipinski definition) is 1. The van der Waals surface area contributed by atoms with E-state index in [-0.39, 0.29) is 17.3 Å². The molecular formula is C11H10FN3O. The monoisotopic (exact) mass is 219 g/mol. The average molecular weight is 219 g/mol. The highest BCUT2D eigenvalue weighted by Gasteiger charge is 2.10. The summed E-state index contributed by atoms with van der Waals surface area (Å²) in [5.41, 5.74) is 6.41. The zero-order valence-corrected chi connectivity index (χ0v) is 8.64. The number of nitrogens with zero attached hydrogens (tertiary/aromatic N) is 2. The van der Waals surface area contributed by atoms with Gasteiger partial charge in [-0.05, 0) is 19.1 Å². The van der Waals surface area contributed by atoms with E-state index in [9.17, 15) is 4.39 Å². The molecular weight excluding hydrogens is 209 g/mol. The lowest BCUT2D eigenvalue weighted by Crippen LogP contribution is -1.98. The minimum absolute atomic E-state index is 0.0221. The van der Waals surface area contributed by atoms with Gasteiger partial charge in [-0.25, -0.2) is 9.37 Å². The third-order valence-electron chi connectivity index (χ3n) is 2.03. The van der Waals surface area contributed by atoms with E-state index in [1.165, 1.54) is 24.5 Å². The van der Waals surface area contributed by atoms with Crippen LogP contribution in [0.4, 0.5) is 10.1 Å². The molecule has 1 heterocycles. The second kappa shape index (κ2) is 4.14. The fourth-order valence-electron chi connectivity index (χ4n) is 1.22. The standard InChI is InChI=1S/C11H10FN3O/c1-7-11(15-6-5-14-7)16-10-8(12)3-2-4-9(10)13/h2-6H,13H2,1H3. The van der Waals surface area contributed by atoms with Gasteiger partial charge in [0.15, 0.2) is 11.6 Å². The van der Waals surface area contributed by atoms with E-state index in [4.69, 9.17) is 10.5 Å². The van der Waals surface area contributed by atoms with Crippen LogP contribution < -0.4 is 10.5 Å². The van der Waals surface area contributed by atoms with Crippen LogP contribution in [-0.4, -0.2) is 9.97 Å². The van der Waals surface area contributed by atoms with E-state index in [1.54, 1.807) is 13.0 Å². The highest BCUT2D eigenvalue weighted by Crippen LogP contribution is 2.29. The molecule has 0 aliphatic carbocycles. The van der Waals surface area contributed by atoms with Crippen molar-refractivity contribution < 1.29 is 9.13 Å². The predicted molar refractivity (Wildman–Crippen MR) is 57.7 cm³/mol. The first-order chi connectivity index (χ1) is 7.68. The molecule has 0 saturated heterocycles. The van der Waals surface area contributed by atoms with Gasteiger partial charge in [0.25, 0.3) is 0 Å². The topological polar surface area (TPSA) is 61.0 Å². The number of hydrogen-bond acceptors (Lipinski definition) is 4. The van der Waals surface area contributed by atoms with Crippen molar-refractivity contribution in [3.63, 3.8) is 0 Å². The summed E-state index contributed by atoms with van der Waals surface area (Å²) in [7, 11) is 0. The molecule has 1 aromatic heterocycles. The van der Waals surface area contributed by atoms with Crippen LogP contribution in [0.2, 0.25) is 0 Å². The average Bonchev–Trinajstić information content (AvgIpc) is 2.26. The van der Waals surface area contributed by atoms with Crippen LogP contribution in [0.5, 0.6) is 11.6 Å². The van der Waals surface area contributed by atoms with E-state index in [2.05, 4.69) is 9.97 Å². The summed E-state index contributed by atoms with van der Waals surface area (Å²) in [6.45, 7) is 1.72. The maximum atomic E-state index is 13.4. The maximum absolute atomic E-state index is 13.4. The highest BCUT2D eigenvalue weighted by molar-refractivity contribution is 5.54. The number of benzene rings is 1. The van der Waals surface area contributed by atoms with Crippen LogP contribution in [0, 0.1) is 12.7 Å². The molecule has 2 aromatic rings. The van der Waals surface area contributed by atoms with Gasteiger partial charge in [0.05, 0.1) is 11.4 Å². The molecule has 0 atom stereocenters. The lowest BCUT2D eigenvalue weighted by molar-refractivity contribution is 0.424. The van der Waals surface area contributed by atoms with Gasteiger partial charge in [-0.3, -0.25) is 4.98 Å². The molecule has 0 unspecified atom stereocenters. The van der Waals surface area contributed by atoms with Gasteiger partial charge in [0, 0.05) is 12.4 Å². The van der Waals surface area contributed by atoms with Crippen molar-refractivity contribution in [2.24, 2.45) is 0 Å². The molecule has 5 heteroatoms. The largest absolute Gasteiger partial charge is 0.432 e. The van der Waals surface area contributed by atoms with Crippen molar-refractivity contribution in [2.45, 2.75) is 6.92 Å². The van der Waals surface area contributed by atoms with Gasteiger partial charge < -0.3 is 10.5 Å². The van der Waals surface area contributed by atoms with Crippen molar-refractivity contribution in [2.75, 3.05) is 5.73 Å². The minimum atomic E-state index is -0.523. The summed E-state index contributed by atoms with van der Waals surface area (Å²) in [6.07, 6.45) is 3.01. The molecule has 0 spiro atoms. The van der Waals surface area contributed by atoms with Gasteiger partial charge in [-0.1, -0.05) is 6.07 Å². The van der Waals surface area contributed by atoms with Gasteiger partial charge >= 0.3 is 0 Å². The number of nitrogens with two attached hydrogens (primary N) is 1. The quantitative estimate of drug-likeness (QED) is 0.787. The second-order valence-corrected chi connectivity index (χ2v) is 3.21. The van der Waals surface area contributed by atoms with E-state index < -0.39 is 5.82 Å². The first kappa shape index (κ1) is 10.4. The molecule has 2 rings (SSSR count). The molecule has 0 aliphatic heterocycles. The Balaban J connectivity index is 2.38. The molecule has 2 N–H and O–H groups in total. The van der Waals surface area contributed by atoms with E-state index >= 15 is 0 Å². The zero-order valence-electron chi connectivity index (χ0n) is 8.64. The first-order valence-electron chi connectivity index (χ1n) is 4.68. The number of anilines is 1. The van der Waals surface area contributed by atoms with Crippen molar-refractivity contribution in [1.29, 1.82) is 0 Å². The first-order valence-corrected chi connectivity index (χ1v) is 4.68. The maximum Gasteiger partial charge on any atom is 0.241 e. The van der Waals surface area contributed by atoms with Crippen LogP contribution in [-0.2, 0) is 0 Å². The van der Waals surface area contributed by atoms with Gasteiger partial charge in [-0.2, -0.15) is 0 Å². The van der Waals surface area contributed by atoms with Crippen molar-refractivity contribution >= 4 is 5.69 Å². The molecule has 0 saturated carbocycles. The summed E-state index contributed by atoms with van der Waals surface area (Å²) in [5.74, 6) is -0.296. The molecule has 1 aromatic carbocycles. The molecule has 0 aliphatic rings. The summed E-state index contributed by atoms with van der Waals surface area (Å²) in [6, 6.07) is 4.35. The second-order valence-electron chi connectivity index (χ2n) is 3.21. The summed E-state index contributed by atoms with van der Waals surface area (Å²) in [4.78, 5) is 7.93. The highest BCUT2D eigenvalue weighted by atomic mass is 19.1. The summed E-state index contributed by atoms with van der Waals surface area (Å²) >= 11 is 0. The molecule has 4 nitrogen and oxygen atoms in total. The van der Waals surface area contributed by atoms with Gasteiger partial charge in [-0.15, -0.1) is 0 Å². The Labute approximate surface area is 91.9 Å².